The van der Waals surface area contributed by atoms with Crippen LogP contribution in [0.1, 0.15) is 16.1 Å². The van der Waals surface area contributed by atoms with Crippen molar-refractivity contribution in [1.29, 1.82) is 0 Å². The molecule has 1 aromatic carbocycles. The summed E-state index contributed by atoms with van der Waals surface area (Å²) < 4.78 is 0. The van der Waals surface area contributed by atoms with E-state index in [-0.39, 0.29) is 11.4 Å². The number of nitro groups is 1. The van der Waals surface area contributed by atoms with E-state index in [0.717, 1.165) is 16.8 Å². The molecule has 0 unspecified atom stereocenters. The van der Waals surface area contributed by atoms with Gasteiger partial charge in [0.05, 0.1) is 4.92 Å². The SMILES string of the molecule is O=C(c1[nH]ncc1[N+](=O)[O-])N1CCN(Cc2ccccc2Cl)CC1. The lowest BCUT2D eigenvalue weighted by molar-refractivity contribution is -0.385. The highest BCUT2D eigenvalue weighted by atomic mass is 35.5. The molecule has 3 rings (SSSR count). The summed E-state index contributed by atoms with van der Waals surface area (Å²) in [6.07, 6.45) is 1.06. The molecule has 2 aromatic rings. The zero-order chi connectivity index (χ0) is 17.1. The van der Waals surface area contributed by atoms with Crippen molar-refractivity contribution in [3.8, 4) is 0 Å². The van der Waals surface area contributed by atoms with E-state index < -0.39 is 10.8 Å². The Morgan fingerprint density at radius 1 is 1.29 bits per heavy atom. The van der Waals surface area contributed by atoms with Gasteiger partial charge in [-0.25, -0.2) is 0 Å². The van der Waals surface area contributed by atoms with E-state index >= 15 is 0 Å². The average molecular weight is 350 g/mol. The van der Waals surface area contributed by atoms with Gasteiger partial charge < -0.3 is 4.90 Å². The fourth-order valence-electron chi connectivity index (χ4n) is 2.71. The Morgan fingerprint density at radius 3 is 2.67 bits per heavy atom. The summed E-state index contributed by atoms with van der Waals surface area (Å²) in [6.45, 7) is 3.07. The number of aromatic amines is 1. The molecule has 0 atom stereocenters. The van der Waals surface area contributed by atoms with E-state index in [0.29, 0.717) is 32.7 Å². The summed E-state index contributed by atoms with van der Waals surface area (Å²) in [5.41, 5.74) is 0.682. The predicted octanol–water partition coefficient (Wildman–Crippen LogP) is 1.93. The van der Waals surface area contributed by atoms with E-state index in [1.165, 1.54) is 0 Å². The topological polar surface area (TPSA) is 95.4 Å². The largest absolute Gasteiger partial charge is 0.335 e. The molecule has 8 nitrogen and oxygen atoms in total. The van der Waals surface area contributed by atoms with Gasteiger partial charge in [-0.3, -0.25) is 24.9 Å². The molecule has 1 fully saturated rings. The molecule has 0 aliphatic carbocycles. The number of halogens is 1. The molecule has 1 N–H and O–H groups in total. The normalized spacial score (nSPS) is 15.5. The summed E-state index contributed by atoms with van der Waals surface area (Å²) in [7, 11) is 0. The van der Waals surface area contributed by atoms with Crippen molar-refractivity contribution in [3.05, 3.63) is 56.9 Å². The molecular formula is C15H16ClN5O3. The van der Waals surface area contributed by atoms with Crippen molar-refractivity contribution >= 4 is 23.2 Å². The van der Waals surface area contributed by atoms with E-state index in [9.17, 15) is 14.9 Å². The molecule has 2 heterocycles. The van der Waals surface area contributed by atoms with E-state index in [1.54, 1.807) is 4.90 Å². The first-order valence-corrected chi connectivity index (χ1v) is 7.87. The number of hydrogen-bond donors (Lipinski definition) is 1. The van der Waals surface area contributed by atoms with Crippen LogP contribution in [0.5, 0.6) is 0 Å². The molecule has 126 valence electrons. The maximum Gasteiger partial charge on any atom is 0.319 e. The predicted molar refractivity (Wildman–Crippen MR) is 87.9 cm³/mol. The standard InChI is InChI=1S/C15H16ClN5O3/c16-12-4-2-1-3-11(12)10-19-5-7-20(8-6-19)15(22)14-13(21(23)24)9-17-18-14/h1-4,9H,5-8,10H2,(H,17,18). The van der Waals surface area contributed by atoms with Crippen LogP contribution in [0.15, 0.2) is 30.5 Å². The van der Waals surface area contributed by atoms with E-state index in [1.807, 2.05) is 24.3 Å². The Labute approximate surface area is 143 Å². The average Bonchev–Trinajstić information content (AvgIpc) is 3.07. The lowest BCUT2D eigenvalue weighted by Crippen LogP contribution is -2.48. The van der Waals surface area contributed by atoms with Gasteiger partial charge >= 0.3 is 5.69 Å². The van der Waals surface area contributed by atoms with Crippen molar-refractivity contribution in [1.82, 2.24) is 20.0 Å². The Morgan fingerprint density at radius 2 is 2.00 bits per heavy atom. The van der Waals surface area contributed by atoms with Gasteiger partial charge in [0.25, 0.3) is 5.91 Å². The number of H-pyrrole nitrogens is 1. The highest BCUT2D eigenvalue weighted by Gasteiger charge is 2.29. The second-order valence-corrected chi connectivity index (χ2v) is 5.95. The first kappa shape index (κ1) is 16.4. The summed E-state index contributed by atoms with van der Waals surface area (Å²) >= 11 is 6.17. The minimum atomic E-state index is -0.607. The molecule has 0 radical (unpaired) electrons. The second-order valence-electron chi connectivity index (χ2n) is 5.55. The first-order valence-electron chi connectivity index (χ1n) is 7.49. The van der Waals surface area contributed by atoms with Gasteiger partial charge in [0.1, 0.15) is 6.20 Å². The maximum absolute atomic E-state index is 12.4. The number of amides is 1. The zero-order valence-corrected chi connectivity index (χ0v) is 13.6. The monoisotopic (exact) mass is 349 g/mol. The van der Waals surface area contributed by atoms with Gasteiger partial charge in [-0.05, 0) is 11.6 Å². The molecular weight excluding hydrogens is 334 g/mol. The first-order chi connectivity index (χ1) is 11.6. The molecule has 9 heteroatoms. The number of carbonyl (C=O) groups excluding carboxylic acids is 1. The Bertz CT molecular complexity index is 755. The van der Waals surface area contributed by atoms with Crippen LogP contribution in [0.25, 0.3) is 0 Å². The minimum absolute atomic E-state index is 0.0699. The van der Waals surface area contributed by atoms with Gasteiger partial charge in [0.2, 0.25) is 5.69 Å². The lowest BCUT2D eigenvalue weighted by atomic mass is 10.2. The molecule has 0 spiro atoms. The number of nitrogens with one attached hydrogen (secondary N) is 1. The van der Waals surface area contributed by atoms with Crippen LogP contribution >= 0.6 is 11.6 Å². The van der Waals surface area contributed by atoms with Crippen molar-refractivity contribution in [2.24, 2.45) is 0 Å². The molecule has 0 bridgehead atoms. The molecule has 1 amide bonds. The van der Waals surface area contributed by atoms with Crippen molar-refractivity contribution in [2.75, 3.05) is 26.2 Å². The number of benzene rings is 1. The molecule has 0 saturated carbocycles. The number of rotatable bonds is 4. The van der Waals surface area contributed by atoms with E-state index in [2.05, 4.69) is 15.1 Å². The third-order valence-electron chi connectivity index (χ3n) is 4.04. The number of hydrogen-bond acceptors (Lipinski definition) is 5. The van der Waals surface area contributed by atoms with Crippen LogP contribution in [0.3, 0.4) is 0 Å². The summed E-state index contributed by atoms with van der Waals surface area (Å²) in [5.74, 6) is -0.392. The van der Waals surface area contributed by atoms with E-state index in [4.69, 9.17) is 11.6 Å². The fourth-order valence-corrected chi connectivity index (χ4v) is 2.91. The van der Waals surface area contributed by atoms with Crippen LogP contribution in [0.2, 0.25) is 5.02 Å². The fraction of sp³-hybridized carbons (Fsp3) is 0.333. The number of piperazine rings is 1. The summed E-state index contributed by atoms with van der Waals surface area (Å²) in [6, 6.07) is 7.67. The molecule has 1 aliphatic heterocycles. The highest BCUT2D eigenvalue weighted by Crippen LogP contribution is 2.20. The summed E-state index contributed by atoms with van der Waals surface area (Å²) in [5, 5.41) is 17.7. The number of nitrogens with zero attached hydrogens (tertiary/aromatic N) is 4. The Kier molecular flexibility index (Phi) is 4.77. The molecule has 1 aromatic heterocycles. The molecule has 1 saturated heterocycles. The second kappa shape index (κ2) is 6.98. The smallest absolute Gasteiger partial charge is 0.319 e. The highest BCUT2D eigenvalue weighted by molar-refractivity contribution is 6.31. The van der Waals surface area contributed by atoms with Crippen molar-refractivity contribution in [3.63, 3.8) is 0 Å². The maximum atomic E-state index is 12.4. The third-order valence-corrected chi connectivity index (χ3v) is 4.41. The minimum Gasteiger partial charge on any atom is -0.335 e. The van der Waals surface area contributed by atoms with Gasteiger partial charge in [0, 0.05) is 37.7 Å². The van der Waals surface area contributed by atoms with Gasteiger partial charge in [-0.2, -0.15) is 5.10 Å². The van der Waals surface area contributed by atoms with Crippen LogP contribution < -0.4 is 0 Å². The van der Waals surface area contributed by atoms with Gasteiger partial charge in [-0.1, -0.05) is 29.8 Å². The molecule has 1 aliphatic rings. The van der Waals surface area contributed by atoms with Crippen LogP contribution in [-0.4, -0.2) is 57.0 Å². The Hall–Kier alpha value is -2.45. The lowest BCUT2D eigenvalue weighted by Gasteiger charge is -2.34. The summed E-state index contributed by atoms with van der Waals surface area (Å²) in [4.78, 5) is 26.5. The van der Waals surface area contributed by atoms with Crippen molar-refractivity contribution in [2.45, 2.75) is 6.54 Å². The van der Waals surface area contributed by atoms with Crippen LogP contribution in [0.4, 0.5) is 5.69 Å². The number of aromatic nitrogens is 2. The van der Waals surface area contributed by atoms with Crippen LogP contribution in [-0.2, 0) is 6.54 Å². The molecule has 24 heavy (non-hydrogen) atoms. The Balaban J connectivity index is 1.61. The zero-order valence-electron chi connectivity index (χ0n) is 12.8. The number of carbonyl (C=O) groups is 1. The third kappa shape index (κ3) is 3.39. The van der Waals surface area contributed by atoms with Crippen LogP contribution in [0, 0.1) is 10.1 Å². The quantitative estimate of drug-likeness (QED) is 0.672. The van der Waals surface area contributed by atoms with Gasteiger partial charge in [-0.15, -0.1) is 0 Å². The van der Waals surface area contributed by atoms with Crippen molar-refractivity contribution < 1.29 is 9.72 Å². The van der Waals surface area contributed by atoms with Gasteiger partial charge in [0.15, 0.2) is 0 Å².